The number of ketones is 1. The molecular weight excluding hydrogens is 238 g/mol. The highest BCUT2D eigenvalue weighted by Gasteiger charge is 2.24. The minimum atomic E-state index is -0.590. The summed E-state index contributed by atoms with van der Waals surface area (Å²) in [4.78, 5) is 25.2. The Bertz CT molecular complexity index is 450. The fourth-order valence-corrected chi connectivity index (χ4v) is 2.91. The number of anilines is 2. The molecule has 94 valence electrons. The van der Waals surface area contributed by atoms with E-state index in [0.29, 0.717) is 9.88 Å². The number of hydrogen-bond donors (Lipinski definition) is 2. The third-order valence-corrected chi connectivity index (χ3v) is 3.91. The number of thiophene rings is 1. The van der Waals surface area contributed by atoms with Crippen LogP contribution in [0.3, 0.4) is 0 Å². The molecule has 0 spiro atoms. The molecule has 1 amide bonds. The maximum Gasteiger partial charge on any atom is 0.253 e. The first-order valence-corrected chi connectivity index (χ1v) is 6.23. The standard InChI is InChI=1S/C11H17N3O2S/c1-4-14(5-2)11-7(10(13)16)8(12)9(17-11)6(3)15/h4-5,12H2,1-3H3,(H2,13,16). The van der Waals surface area contributed by atoms with Crippen molar-refractivity contribution < 1.29 is 9.59 Å². The van der Waals surface area contributed by atoms with Crippen LogP contribution < -0.4 is 16.4 Å². The highest BCUT2D eigenvalue weighted by atomic mass is 32.1. The van der Waals surface area contributed by atoms with Crippen molar-refractivity contribution in [2.45, 2.75) is 20.8 Å². The van der Waals surface area contributed by atoms with Crippen molar-refractivity contribution in [3.8, 4) is 0 Å². The van der Waals surface area contributed by atoms with Gasteiger partial charge in [-0.2, -0.15) is 0 Å². The van der Waals surface area contributed by atoms with Gasteiger partial charge in [0.25, 0.3) is 5.91 Å². The highest BCUT2D eigenvalue weighted by molar-refractivity contribution is 7.19. The van der Waals surface area contributed by atoms with Crippen LogP contribution in [0.25, 0.3) is 0 Å². The fraction of sp³-hybridized carbons (Fsp3) is 0.455. The SMILES string of the molecule is CCN(CC)c1sc(C(C)=O)c(N)c1C(N)=O. The summed E-state index contributed by atoms with van der Waals surface area (Å²) >= 11 is 1.23. The van der Waals surface area contributed by atoms with Gasteiger partial charge < -0.3 is 16.4 Å². The van der Waals surface area contributed by atoms with Crippen LogP contribution in [-0.4, -0.2) is 24.8 Å². The lowest BCUT2D eigenvalue weighted by Gasteiger charge is -2.19. The average Bonchev–Trinajstić information content (AvgIpc) is 2.58. The van der Waals surface area contributed by atoms with E-state index in [9.17, 15) is 9.59 Å². The molecule has 5 nitrogen and oxygen atoms in total. The summed E-state index contributed by atoms with van der Waals surface area (Å²) < 4.78 is 0. The second-order valence-electron chi connectivity index (χ2n) is 3.62. The van der Waals surface area contributed by atoms with Crippen molar-refractivity contribution >= 4 is 33.7 Å². The van der Waals surface area contributed by atoms with Gasteiger partial charge in [-0.25, -0.2) is 0 Å². The molecule has 0 aliphatic heterocycles. The third kappa shape index (κ3) is 2.41. The molecule has 6 heteroatoms. The zero-order chi connectivity index (χ0) is 13.2. The molecule has 0 saturated heterocycles. The molecule has 17 heavy (non-hydrogen) atoms. The van der Waals surface area contributed by atoms with Crippen molar-refractivity contribution in [2.75, 3.05) is 23.7 Å². The molecule has 0 aromatic carbocycles. The van der Waals surface area contributed by atoms with E-state index in [2.05, 4.69) is 0 Å². The number of carbonyl (C=O) groups excluding carboxylic acids is 2. The molecule has 0 fully saturated rings. The number of nitrogens with zero attached hydrogens (tertiary/aromatic N) is 1. The summed E-state index contributed by atoms with van der Waals surface area (Å²) in [5.41, 5.74) is 11.6. The molecule has 0 aliphatic rings. The van der Waals surface area contributed by atoms with Gasteiger partial charge >= 0.3 is 0 Å². The molecule has 0 bridgehead atoms. The predicted molar refractivity (Wildman–Crippen MR) is 70.8 cm³/mol. The number of nitrogen functional groups attached to an aromatic ring is 1. The Labute approximate surface area is 104 Å². The second-order valence-corrected chi connectivity index (χ2v) is 4.62. The van der Waals surface area contributed by atoms with Gasteiger partial charge in [-0.3, -0.25) is 9.59 Å². The Hall–Kier alpha value is -1.56. The molecule has 1 rings (SSSR count). The maximum absolute atomic E-state index is 11.4. The average molecular weight is 255 g/mol. The van der Waals surface area contributed by atoms with Crippen molar-refractivity contribution in [3.05, 3.63) is 10.4 Å². The fourth-order valence-electron chi connectivity index (χ4n) is 1.66. The molecule has 0 radical (unpaired) electrons. The maximum atomic E-state index is 11.4. The Morgan fingerprint density at radius 3 is 2.18 bits per heavy atom. The second kappa shape index (κ2) is 5.18. The van der Waals surface area contributed by atoms with E-state index < -0.39 is 5.91 Å². The number of primary amides is 1. The Balaban J connectivity index is 3.43. The first-order chi connectivity index (χ1) is 7.93. The summed E-state index contributed by atoms with van der Waals surface area (Å²) in [5, 5.41) is 0.685. The molecule has 1 heterocycles. The summed E-state index contributed by atoms with van der Waals surface area (Å²) in [6.07, 6.45) is 0. The number of nitrogens with two attached hydrogens (primary N) is 2. The Morgan fingerprint density at radius 2 is 1.82 bits per heavy atom. The predicted octanol–water partition coefficient (Wildman–Crippen LogP) is 1.48. The van der Waals surface area contributed by atoms with Crippen LogP contribution in [0.15, 0.2) is 0 Å². The van der Waals surface area contributed by atoms with Gasteiger partial charge in [-0.05, 0) is 13.8 Å². The lowest BCUT2D eigenvalue weighted by Crippen LogP contribution is -2.24. The van der Waals surface area contributed by atoms with E-state index in [0.717, 1.165) is 13.1 Å². The molecule has 0 unspecified atom stereocenters. The summed E-state index contributed by atoms with van der Waals surface area (Å²) in [5.74, 6) is -0.735. The minimum Gasteiger partial charge on any atom is -0.397 e. The van der Waals surface area contributed by atoms with Gasteiger partial charge in [0.1, 0.15) is 5.00 Å². The smallest absolute Gasteiger partial charge is 0.253 e. The van der Waals surface area contributed by atoms with Gasteiger partial charge in [0.05, 0.1) is 16.1 Å². The number of hydrogen-bond acceptors (Lipinski definition) is 5. The van der Waals surface area contributed by atoms with E-state index in [1.165, 1.54) is 18.3 Å². The van der Waals surface area contributed by atoms with Gasteiger partial charge in [0, 0.05) is 20.0 Å². The van der Waals surface area contributed by atoms with E-state index >= 15 is 0 Å². The van der Waals surface area contributed by atoms with Crippen LogP contribution in [0.4, 0.5) is 10.7 Å². The highest BCUT2D eigenvalue weighted by Crippen LogP contribution is 2.38. The summed E-state index contributed by atoms with van der Waals surface area (Å²) in [7, 11) is 0. The lowest BCUT2D eigenvalue weighted by atomic mass is 10.2. The van der Waals surface area contributed by atoms with Crippen molar-refractivity contribution in [1.29, 1.82) is 0 Å². The molecule has 0 aliphatic carbocycles. The topological polar surface area (TPSA) is 89.4 Å². The van der Waals surface area contributed by atoms with Gasteiger partial charge in [0.2, 0.25) is 0 Å². The summed E-state index contributed by atoms with van der Waals surface area (Å²) in [6.45, 7) is 6.83. The Kier molecular flexibility index (Phi) is 4.11. The molecule has 1 aromatic heterocycles. The largest absolute Gasteiger partial charge is 0.397 e. The first-order valence-electron chi connectivity index (χ1n) is 5.41. The van der Waals surface area contributed by atoms with Crippen LogP contribution in [0.2, 0.25) is 0 Å². The third-order valence-electron chi connectivity index (χ3n) is 2.54. The molecule has 1 aromatic rings. The van der Waals surface area contributed by atoms with E-state index in [-0.39, 0.29) is 17.0 Å². The van der Waals surface area contributed by atoms with Gasteiger partial charge in [0.15, 0.2) is 5.78 Å². The van der Waals surface area contributed by atoms with E-state index in [1.54, 1.807) is 0 Å². The zero-order valence-electron chi connectivity index (χ0n) is 10.2. The number of carbonyl (C=O) groups is 2. The normalized spacial score (nSPS) is 10.3. The number of rotatable bonds is 5. The van der Waals surface area contributed by atoms with E-state index in [4.69, 9.17) is 11.5 Å². The zero-order valence-corrected chi connectivity index (χ0v) is 11.1. The van der Waals surface area contributed by atoms with Gasteiger partial charge in [-0.1, -0.05) is 0 Å². The number of Topliss-reactive ketones (excluding diaryl/α,β-unsaturated/α-hetero) is 1. The van der Waals surface area contributed by atoms with Crippen LogP contribution in [0.5, 0.6) is 0 Å². The molecule has 4 N–H and O–H groups in total. The van der Waals surface area contributed by atoms with Crippen molar-refractivity contribution in [1.82, 2.24) is 0 Å². The van der Waals surface area contributed by atoms with Crippen LogP contribution >= 0.6 is 11.3 Å². The van der Waals surface area contributed by atoms with E-state index in [1.807, 2.05) is 18.7 Å². The van der Waals surface area contributed by atoms with Crippen molar-refractivity contribution in [3.63, 3.8) is 0 Å². The Morgan fingerprint density at radius 1 is 1.29 bits per heavy atom. The van der Waals surface area contributed by atoms with Crippen LogP contribution in [0, 0.1) is 0 Å². The lowest BCUT2D eigenvalue weighted by molar-refractivity contribution is 0.100. The van der Waals surface area contributed by atoms with Gasteiger partial charge in [-0.15, -0.1) is 11.3 Å². The van der Waals surface area contributed by atoms with Crippen molar-refractivity contribution in [2.24, 2.45) is 5.73 Å². The monoisotopic (exact) mass is 255 g/mol. The minimum absolute atomic E-state index is 0.145. The number of amides is 1. The summed E-state index contributed by atoms with van der Waals surface area (Å²) in [6, 6.07) is 0. The van der Waals surface area contributed by atoms with Crippen LogP contribution in [0.1, 0.15) is 40.8 Å². The quantitative estimate of drug-likeness (QED) is 0.780. The molecule has 0 atom stereocenters. The van der Waals surface area contributed by atoms with Crippen LogP contribution in [-0.2, 0) is 0 Å². The molecular formula is C11H17N3O2S. The first kappa shape index (κ1) is 13.5. The molecule has 0 saturated carbocycles.